The fourth-order valence-electron chi connectivity index (χ4n) is 4.72. The maximum atomic E-state index is 11.9. The summed E-state index contributed by atoms with van der Waals surface area (Å²) in [5, 5.41) is 22.4. The summed E-state index contributed by atoms with van der Waals surface area (Å²) in [5.74, 6) is -0.151. The number of aldehydes is 1. The standard InChI is InChI=1S/C26H25Cl2N5O2/c1-29-18-3-5-20(6-4-18)33-13-19(12-31-33)32-25-17(14-34)11-30-24-7-2-15(8-21(24)25)16-9-22(27)26(35)23(28)10-16/h2,7-14,18,20,29,35H,3-6H2,1H3,(H,30,32). The summed E-state index contributed by atoms with van der Waals surface area (Å²) in [6, 6.07) is 9.96. The number of aromatic nitrogens is 3. The van der Waals surface area contributed by atoms with Gasteiger partial charge in [0.05, 0.1) is 44.7 Å². The molecule has 2 aromatic heterocycles. The first kappa shape index (κ1) is 23.6. The van der Waals surface area contributed by atoms with Gasteiger partial charge in [-0.15, -0.1) is 0 Å². The van der Waals surface area contributed by atoms with Crippen LogP contribution in [0.15, 0.2) is 48.9 Å². The highest BCUT2D eigenvalue weighted by Crippen LogP contribution is 2.38. The largest absolute Gasteiger partial charge is 0.505 e. The predicted molar refractivity (Wildman–Crippen MR) is 140 cm³/mol. The number of halogens is 2. The first-order valence-corrected chi connectivity index (χ1v) is 12.3. The van der Waals surface area contributed by atoms with Crippen LogP contribution in [0.5, 0.6) is 5.75 Å². The summed E-state index contributed by atoms with van der Waals surface area (Å²) in [5.41, 5.74) is 4.20. The average molecular weight is 510 g/mol. The number of anilines is 2. The number of aromatic hydroxyl groups is 1. The zero-order chi connectivity index (χ0) is 24.5. The average Bonchev–Trinajstić information content (AvgIpc) is 3.35. The molecule has 5 rings (SSSR count). The first-order valence-electron chi connectivity index (χ1n) is 11.5. The molecule has 0 amide bonds. The van der Waals surface area contributed by atoms with Gasteiger partial charge in [0.25, 0.3) is 0 Å². The molecule has 0 unspecified atom stereocenters. The van der Waals surface area contributed by atoms with E-state index in [1.807, 2.05) is 36.1 Å². The molecule has 0 radical (unpaired) electrons. The van der Waals surface area contributed by atoms with Gasteiger partial charge in [0.2, 0.25) is 0 Å². The molecule has 1 saturated carbocycles. The van der Waals surface area contributed by atoms with Crippen LogP contribution in [0.25, 0.3) is 22.0 Å². The highest BCUT2D eigenvalue weighted by atomic mass is 35.5. The molecule has 1 fully saturated rings. The van der Waals surface area contributed by atoms with Crippen LogP contribution >= 0.6 is 23.2 Å². The molecule has 9 heteroatoms. The number of phenols is 1. The van der Waals surface area contributed by atoms with Crippen molar-refractivity contribution in [3.63, 3.8) is 0 Å². The zero-order valence-corrected chi connectivity index (χ0v) is 20.6. The lowest BCUT2D eigenvalue weighted by molar-refractivity contribution is 0.112. The van der Waals surface area contributed by atoms with Gasteiger partial charge in [-0.2, -0.15) is 5.10 Å². The highest BCUT2D eigenvalue weighted by Gasteiger charge is 2.22. The number of phenolic OH excluding ortho intramolecular Hbond substituents is 1. The molecular formula is C26H25Cl2N5O2. The summed E-state index contributed by atoms with van der Waals surface area (Å²) < 4.78 is 2.02. The minimum Gasteiger partial charge on any atom is -0.505 e. The summed E-state index contributed by atoms with van der Waals surface area (Å²) in [6.45, 7) is 0. The molecule has 0 bridgehead atoms. The van der Waals surface area contributed by atoms with Crippen LogP contribution in [0.4, 0.5) is 11.4 Å². The normalized spacial score (nSPS) is 18.0. The van der Waals surface area contributed by atoms with Crippen molar-refractivity contribution in [2.24, 2.45) is 0 Å². The molecule has 35 heavy (non-hydrogen) atoms. The van der Waals surface area contributed by atoms with Crippen molar-refractivity contribution in [1.29, 1.82) is 0 Å². The number of nitrogens with one attached hydrogen (secondary N) is 2. The number of nitrogens with zero attached hydrogens (tertiary/aromatic N) is 3. The van der Waals surface area contributed by atoms with Gasteiger partial charge in [-0.25, -0.2) is 0 Å². The van der Waals surface area contributed by atoms with Gasteiger partial charge in [0.1, 0.15) is 0 Å². The van der Waals surface area contributed by atoms with E-state index in [1.54, 1.807) is 24.5 Å². The lowest BCUT2D eigenvalue weighted by atomic mass is 9.91. The molecule has 4 aromatic rings. The zero-order valence-electron chi connectivity index (χ0n) is 19.1. The molecule has 0 spiro atoms. The molecule has 2 heterocycles. The monoisotopic (exact) mass is 509 g/mol. The Kier molecular flexibility index (Phi) is 6.65. The number of benzene rings is 2. The Labute approximate surface area is 213 Å². The summed E-state index contributed by atoms with van der Waals surface area (Å²) in [6.07, 6.45) is 10.5. The van der Waals surface area contributed by atoms with E-state index >= 15 is 0 Å². The first-order chi connectivity index (χ1) is 17.0. The highest BCUT2D eigenvalue weighted by molar-refractivity contribution is 6.37. The molecular weight excluding hydrogens is 485 g/mol. The fraction of sp³-hybridized carbons (Fsp3) is 0.269. The van der Waals surface area contributed by atoms with Gasteiger partial charge in [-0.1, -0.05) is 29.3 Å². The molecule has 180 valence electrons. The van der Waals surface area contributed by atoms with E-state index in [-0.39, 0.29) is 15.8 Å². The maximum Gasteiger partial charge on any atom is 0.153 e. The maximum absolute atomic E-state index is 11.9. The van der Waals surface area contributed by atoms with Gasteiger partial charge in [0, 0.05) is 23.8 Å². The van der Waals surface area contributed by atoms with Crippen molar-refractivity contribution in [1.82, 2.24) is 20.1 Å². The number of carbonyl (C=O) groups is 1. The number of hydrogen-bond acceptors (Lipinski definition) is 6. The molecule has 1 aliphatic carbocycles. The summed E-state index contributed by atoms with van der Waals surface area (Å²) in [4.78, 5) is 16.3. The van der Waals surface area contributed by atoms with Crippen LogP contribution in [0.3, 0.4) is 0 Å². The van der Waals surface area contributed by atoms with E-state index in [9.17, 15) is 9.90 Å². The second-order valence-electron chi connectivity index (χ2n) is 8.85. The minimum atomic E-state index is -0.151. The van der Waals surface area contributed by atoms with Crippen molar-refractivity contribution in [3.05, 3.63) is 64.5 Å². The van der Waals surface area contributed by atoms with Crippen molar-refractivity contribution < 1.29 is 9.90 Å². The van der Waals surface area contributed by atoms with E-state index in [2.05, 4.69) is 20.7 Å². The van der Waals surface area contributed by atoms with Crippen LogP contribution in [0.1, 0.15) is 42.1 Å². The van der Waals surface area contributed by atoms with Gasteiger partial charge in [-0.05, 0) is 68.1 Å². The molecule has 7 nitrogen and oxygen atoms in total. The Balaban J connectivity index is 1.49. The van der Waals surface area contributed by atoms with E-state index in [4.69, 9.17) is 23.2 Å². The quantitative estimate of drug-likeness (QED) is 0.261. The molecule has 0 saturated heterocycles. The Morgan fingerprint density at radius 3 is 2.49 bits per heavy atom. The number of rotatable bonds is 6. The topological polar surface area (TPSA) is 92.1 Å². The number of fused-ring (bicyclic) bond motifs is 1. The van der Waals surface area contributed by atoms with Crippen molar-refractivity contribution in [2.75, 3.05) is 12.4 Å². The molecule has 0 atom stereocenters. The van der Waals surface area contributed by atoms with Crippen LogP contribution in [-0.2, 0) is 0 Å². The SMILES string of the molecule is CNC1CCC(n2cc(Nc3c(C=O)cnc4ccc(-c5cc(Cl)c(O)c(Cl)c5)cc34)cn2)CC1. The number of hydrogen-bond donors (Lipinski definition) is 3. The molecule has 3 N–H and O–H groups in total. The third-order valence-corrected chi connectivity index (χ3v) is 7.30. The molecule has 2 aromatic carbocycles. The van der Waals surface area contributed by atoms with Gasteiger partial charge >= 0.3 is 0 Å². The Morgan fingerprint density at radius 2 is 1.80 bits per heavy atom. The van der Waals surface area contributed by atoms with E-state index in [1.165, 1.54) is 0 Å². The number of carbonyl (C=O) groups excluding carboxylic acids is 1. The lowest BCUT2D eigenvalue weighted by Crippen LogP contribution is -2.31. The lowest BCUT2D eigenvalue weighted by Gasteiger charge is -2.28. The minimum absolute atomic E-state index is 0.151. The third-order valence-electron chi connectivity index (χ3n) is 6.72. The van der Waals surface area contributed by atoms with Crippen molar-refractivity contribution in [3.8, 4) is 16.9 Å². The van der Waals surface area contributed by atoms with E-state index in [0.717, 1.165) is 59.7 Å². The van der Waals surface area contributed by atoms with Crippen LogP contribution < -0.4 is 10.6 Å². The van der Waals surface area contributed by atoms with Crippen LogP contribution in [0, 0.1) is 0 Å². The van der Waals surface area contributed by atoms with Crippen molar-refractivity contribution in [2.45, 2.75) is 37.8 Å². The van der Waals surface area contributed by atoms with E-state index < -0.39 is 0 Å². The summed E-state index contributed by atoms with van der Waals surface area (Å²) >= 11 is 12.3. The summed E-state index contributed by atoms with van der Waals surface area (Å²) in [7, 11) is 2.01. The Morgan fingerprint density at radius 1 is 1.06 bits per heavy atom. The van der Waals surface area contributed by atoms with Crippen molar-refractivity contribution >= 4 is 51.8 Å². The molecule has 0 aliphatic heterocycles. The van der Waals surface area contributed by atoms with Gasteiger partial charge in [0.15, 0.2) is 12.0 Å². The predicted octanol–water partition coefficient (Wildman–Crippen LogP) is 6.37. The fourth-order valence-corrected chi connectivity index (χ4v) is 5.21. The van der Waals surface area contributed by atoms with Gasteiger partial charge < -0.3 is 15.7 Å². The third kappa shape index (κ3) is 4.72. The Hall–Kier alpha value is -3.13. The van der Waals surface area contributed by atoms with E-state index in [0.29, 0.717) is 23.3 Å². The smallest absolute Gasteiger partial charge is 0.153 e. The second kappa shape index (κ2) is 9.85. The Bertz CT molecular complexity index is 1370. The van der Waals surface area contributed by atoms with Crippen LogP contribution in [0.2, 0.25) is 10.0 Å². The van der Waals surface area contributed by atoms with Crippen LogP contribution in [-0.4, -0.2) is 39.2 Å². The second-order valence-corrected chi connectivity index (χ2v) is 9.67. The molecule has 1 aliphatic rings. The van der Waals surface area contributed by atoms with Gasteiger partial charge in [-0.3, -0.25) is 14.5 Å². The number of pyridine rings is 1.